The number of nitrogens with zero attached hydrogens (tertiary/aromatic N) is 1. The van der Waals surface area contributed by atoms with Crippen LogP contribution in [-0.4, -0.2) is 30.8 Å². The number of ether oxygens (including phenoxy) is 2. The van der Waals surface area contributed by atoms with Gasteiger partial charge in [0.2, 0.25) is 5.91 Å². The first-order chi connectivity index (χ1) is 13.4. The molecule has 28 heavy (non-hydrogen) atoms. The van der Waals surface area contributed by atoms with E-state index in [9.17, 15) is 18.4 Å². The zero-order valence-electron chi connectivity index (χ0n) is 15.4. The molecule has 146 valence electrons. The number of benzene rings is 2. The third kappa shape index (κ3) is 4.03. The summed E-state index contributed by atoms with van der Waals surface area (Å²) in [5.41, 5.74) is 0.629. The van der Waals surface area contributed by atoms with Crippen LogP contribution >= 0.6 is 0 Å². The van der Waals surface area contributed by atoms with Crippen LogP contribution in [0, 0.1) is 11.6 Å². The molecule has 0 spiro atoms. The van der Waals surface area contributed by atoms with Crippen molar-refractivity contribution in [3.8, 4) is 11.5 Å². The van der Waals surface area contributed by atoms with Crippen molar-refractivity contribution in [3.63, 3.8) is 0 Å². The van der Waals surface area contributed by atoms with E-state index in [1.165, 1.54) is 55.7 Å². The first-order valence-electron chi connectivity index (χ1n) is 8.61. The summed E-state index contributed by atoms with van der Waals surface area (Å²) in [6.07, 6.45) is 2.43. The summed E-state index contributed by atoms with van der Waals surface area (Å²) in [5.74, 6) is -1.14. The molecule has 0 N–H and O–H groups in total. The van der Waals surface area contributed by atoms with Crippen LogP contribution in [0.15, 0.2) is 48.7 Å². The molecule has 0 bridgehead atoms. The molecule has 1 unspecified atom stereocenters. The van der Waals surface area contributed by atoms with E-state index in [0.717, 1.165) is 6.07 Å². The largest absolute Gasteiger partial charge is 0.493 e. The van der Waals surface area contributed by atoms with Crippen LogP contribution in [0.2, 0.25) is 0 Å². The van der Waals surface area contributed by atoms with Crippen molar-refractivity contribution in [2.45, 2.75) is 18.9 Å². The summed E-state index contributed by atoms with van der Waals surface area (Å²) in [7, 11) is 2.81. The topological polar surface area (TPSA) is 55.8 Å². The highest BCUT2D eigenvalue weighted by molar-refractivity contribution is 5.93. The predicted octanol–water partition coefficient (Wildman–Crippen LogP) is 3.58. The van der Waals surface area contributed by atoms with Crippen molar-refractivity contribution in [2.24, 2.45) is 0 Å². The molecule has 1 heterocycles. The molecule has 0 saturated heterocycles. The highest BCUT2D eigenvalue weighted by Crippen LogP contribution is 2.32. The van der Waals surface area contributed by atoms with Gasteiger partial charge >= 0.3 is 0 Å². The van der Waals surface area contributed by atoms with Crippen molar-refractivity contribution < 1.29 is 27.8 Å². The minimum absolute atomic E-state index is 0.0279. The number of carbonyl (C=O) groups is 2. The Morgan fingerprint density at radius 2 is 1.86 bits per heavy atom. The molecule has 1 amide bonds. The fourth-order valence-electron chi connectivity index (χ4n) is 3.16. The van der Waals surface area contributed by atoms with Gasteiger partial charge in [-0.2, -0.15) is 0 Å². The SMILES string of the molecule is COc1cc(F)c(CC(=O)N2C=CC(=O)CC2c2cccc(F)c2)cc1OC. The normalized spacial score (nSPS) is 16.2. The molecule has 3 rings (SSSR count). The van der Waals surface area contributed by atoms with Gasteiger partial charge in [0.15, 0.2) is 17.3 Å². The lowest BCUT2D eigenvalue weighted by atomic mass is 9.96. The molecule has 0 saturated carbocycles. The van der Waals surface area contributed by atoms with Gasteiger partial charge in [0.1, 0.15) is 11.6 Å². The van der Waals surface area contributed by atoms with Crippen LogP contribution in [0.3, 0.4) is 0 Å². The Labute approximate surface area is 161 Å². The first-order valence-corrected chi connectivity index (χ1v) is 8.61. The van der Waals surface area contributed by atoms with Crippen molar-refractivity contribution in [1.29, 1.82) is 0 Å². The van der Waals surface area contributed by atoms with Crippen molar-refractivity contribution in [1.82, 2.24) is 4.90 Å². The second kappa shape index (κ2) is 8.21. The Hall–Kier alpha value is -3.22. The Kier molecular flexibility index (Phi) is 5.73. The van der Waals surface area contributed by atoms with E-state index in [0.29, 0.717) is 11.3 Å². The molecule has 7 heteroatoms. The monoisotopic (exact) mass is 387 g/mol. The van der Waals surface area contributed by atoms with E-state index in [4.69, 9.17) is 9.47 Å². The van der Waals surface area contributed by atoms with Gasteiger partial charge in [0, 0.05) is 24.3 Å². The van der Waals surface area contributed by atoms with Gasteiger partial charge < -0.3 is 14.4 Å². The molecular weight excluding hydrogens is 368 g/mol. The van der Waals surface area contributed by atoms with Crippen molar-refractivity contribution >= 4 is 11.7 Å². The molecule has 0 radical (unpaired) electrons. The van der Waals surface area contributed by atoms with Crippen LogP contribution in [0.1, 0.15) is 23.6 Å². The van der Waals surface area contributed by atoms with E-state index in [2.05, 4.69) is 0 Å². The van der Waals surface area contributed by atoms with Gasteiger partial charge in [0.25, 0.3) is 0 Å². The Morgan fingerprint density at radius 3 is 2.54 bits per heavy atom. The van der Waals surface area contributed by atoms with E-state index in [1.54, 1.807) is 6.07 Å². The molecule has 2 aromatic carbocycles. The lowest BCUT2D eigenvalue weighted by Crippen LogP contribution is -2.35. The van der Waals surface area contributed by atoms with E-state index < -0.39 is 23.6 Å². The third-order valence-corrected chi connectivity index (χ3v) is 4.57. The van der Waals surface area contributed by atoms with Gasteiger partial charge in [-0.3, -0.25) is 9.59 Å². The van der Waals surface area contributed by atoms with Gasteiger partial charge in [-0.15, -0.1) is 0 Å². The number of methoxy groups -OCH3 is 2. The van der Waals surface area contributed by atoms with Gasteiger partial charge in [-0.1, -0.05) is 12.1 Å². The molecule has 1 aliphatic heterocycles. The average Bonchev–Trinajstić information content (AvgIpc) is 2.69. The maximum atomic E-state index is 14.4. The van der Waals surface area contributed by atoms with E-state index >= 15 is 0 Å². The van der Waals surface area contributed by atoms with Gasteiger partial charge in [-0.05, 0) is 29.8 Å². The molecule has 5 nitrogen and oxygen atoms in total. The molecule has 1 atom stereocenters. The number of allylic oxidation sites excluding steroid dienone is 1. The summed E-state index contributed by atoms with van der Waals surface area (Å²) in [6.45, 7) is 0. The van der Waals surface area contributed by atoms with Gasteiger partial charge in [-0.25, -0.2) is 8.78 Å². The van der Waals surface area contributed by atoms with Crippen LogP contribution in [0.25, 0.3) is 0 Å². The standard InChI is InChI=1S/C21H19F2NO4/c1-27-19-9-14(17(23)12-20(19)28-2)10-21(26)24-7-6-16(25)11-18(24)13-4-3-5-15(22)8-13/h3-9,12,18H,10-11H2,1-2H3. The number of hydrogen-bond donors (Lipinski definition) is 0. The number of rotatable bonds is 5. The van der Waals surface area contributed by atoms with Crippen LogP contribution < -0.4 is 9.47 Å². The van der Waals surface area contributed by atoms with E-state index in [-0.39, 0.29) is 29.9 Å². The molecular formula is C21H19F2NO4. The minimum Gasteiger partial charge on any atom is -0.493 e. The highest BCUT2D eigenvalue weighted by atomic mass is 19.1. The zero-order valence-corrected chi connectivity index (χ0v) is 15.4. The van der Waals surface area contributed by atoms with Crippen molar-refractivity contribution in [3.05, 3.63) is 71.4 Å². The van der Waals surface area contributed by atoms with Crippen LogP contribution in [-0.2, 0) is 16.0 Å². The number of amides is 1. The number of halogens is 2. The maximum absolute atomic E-state index is 14.4. The Balaban J connectivity index is 1.90. The zero-order chi connectivity index (χ0) is 20.3. The summed E-state index contributed by atoms with van der Waals surface area (Å²) in [4.78, 5) is 26.1. The number of carbonyl (C=O) groups excluding carboxylic acids is 2. The molecule has 0 fully saturated rings. The summed E-state index contributed by atoms with van der Waals surface area (Å²) in [5, 5.41) is 0. The van der Waals surface area contributed by atoms with Crippen LogP contribution in [0.5, 0.6) is 11.5 Å². The fourth-order valence-corrected chi connectivity index (χ4v) is 3.16. The summed E-state index contributed by atoms with van der Waals surface area (Å²) in [6, 6.07) is 7.65. The third-order valence-electron chi connectivity index (χ3n) is 4.57. The first kappa shape index (κ1) is 19.5. The maximum Gasteiger partial charge on any atom is 0.231 e. The lowest BCUT2D eigenvalue weighted by molar-refractivity contribution is -0.131. The predicted molar refractivity (Wildman–Crippen MR) is 98.0 cm³/mol. The van der Waals surface area contributed by atoms with E-state index in [1.807, 2.05) is 0 Å². The molecule has 1 aliphatic rings. The second-order valence-electron chi connectivity index (χ2n) is 6.33. The fraction of sp³-hybridized carbons (Fsp3) is 0.238. The summed E-state index contributed by atoms with van der Waals surface area (Å²) < 4.78 is 38.2. The molecule has 2 aromatic rings. The molecule has 0 aliphatic carbocycles. The van der Waals surface area contributed by atoms with Gasteiger partial charge in [0.05, 0.1) is 26.7 Å². The Morgan fingerprint density at radius 1 is 1.14 bits per heavy atom. The number of ketones is 1. The van der Waals surface area contributed by atoms with Crippen molar-refractivity contribution in [2.75, 3.05) is 14.2 Å². The highest BCUT2D eigenvalue weighted by Gasteiger charge is 2.29. The smallest absolute Gasteiger partial charge is 0.231 e. The van der Waals surface area contributed by atoms with Crippen LogP contribution in [0.4, 0.5) is 8.78 Å². The molecule has 0 aromatic heterocycles. The minimum atomic E-state index is -0.649. The summed E-state index contributed by atoms with van der Waals surface area (Å²) >= 11 is 0. The lowest BCUT2D eigenvalue weighted by Gasteiger charge is -2.31. The average molecular weight is 387 g/mol. The second-order valence-corrected chi connectivity index (χ2v) is 6.33. The Bertz CT molecular complexity index is 942. The quantitative estimate of drug-likeness (QED) is 0.787. The number of hydrogen-bond acceptors (Lipinski definition) is 4.